The average Bonchev–Trinajstić information content (AvgIpc) is 3.23. The molecule has 0 unspecified atom stereocenters. The summed E-state index contributed by atoms with van der Waals surface area (Å²) >= 11 is 1.28. The predicted octanol–water partition coefficient (Wildman–Crippen LogP) is 4.05. The highest BCUT2D eigenvalue weighted by Crippen LogP contribution is 2.28. The molecule has 1 aromatic carbocycles. The van der Waals surface area contributed by atoms with Crippen molar-refractivity contribution in [3.63, 3.8) is 0 Å². The summed E-state index contributed by atoms with van der Waals surface area (Å²) < 4.78 is 14.2. The molecule has 1 fully saturated rings. The molecule has 5 nitrogen and oxygen atoms in total. The Hall–Kier alpha value is -2.28. The van der Waals surface area contributed by atoms with E-state index < -0.39 is 11.7 Å². The molecule has 24 heavy (non-hydrogen) atoms. The first-order valence-electron chi connectivity index (χ1n) is 7.92. The van der Waals surface area contributed by atoms with Crippen molar-refractivity contribution < 1.29 is 14.0 Å². The molecule has 1 aliphatic carbocycles. The normalized spacial score (nSPS) is 14.5. The molecule has 2 N–H and O–H groups in total. The van der Waals surface area contributed by atoms with Crippen LogP contribution in [-0.4, -0.2) is 16.8 Å². The summed E-state index contributed by atoms with van der Waals surface area (Å²) in [6.07, 6.45) is 6.44. The number of carbonyl (C=O) groups is 2. The van der Waals surface area contributed by atoms with Crippen molar-refractivity contribution in [3.05, 3.63) is 41.2 Å². The molecule has 1 saturated carbocycles. The zero-order chi connectivity index (χ0) is 16.9. The Bertz CT molecular complexity index is 727. The summed E-state index contributed by atoms with van der Waals surface area (Å²) in [7, 11) is 0. The lowest BCUT2D eigenvalue weighted by atomic mass is 10.0. The number of thiazole rings is 1. The molecule has 0 aliphatic heterocycles. The minimum Gasteiger partial charge on any atom is -0.324 e. The van der Waals surface area contributed by atoms with Gasteiger partial charge >= 0.3 is 0 Å². The van der Waals surface area contributed by atoms with Crippen molar-refractivity contribution in [1.29, 1.82) is 0 Å². The van der Waals surface area contributed by atoms with Crippen molar-refractivity contribution in [3.8, 4) is 0 Å². The van der Waals surface area contributed by atoms with E-state index in [9.17, 15) is 14.0 Å². The highest BCUT2D eigenvalue weighted by Gasteiger charge is 2.19. The highest BCUT2D eigenvalue weighted by atomic mass is 32.1. The Kier molecular flexibility index (Phi) is 5.20. The van der Waals surface area contributed by atoms with Crippen LogP contribution < -0.4 is 10.6 Å². The molecule has 0 saturated heterocycles. The van der Waals surface area contributed by atoms with Crippen molar-refractivity contribution in [1.82, 2.24) is 4.98 Å². The van der Waals surface area contributed by atoms with Gasteiger partial charge in [-0.25, -0.2) is 9.37 Å². The Morgan fingerprint density at radius 3 is 2.71 bits per heavy atom. The molecular formula is C17H18FN3O2S. The monoisotopic (exact) mass is 347 g/mol. The highest BCUT2D eigenvalue weighted by molar-refractivity contribution is 7.13. The van der Waals surface area contributed by atoms with Gasteiger partial charge in [-0.15, -0.1) is 11.3 Å². The minimum absolute atomic E-state index is 0.101. The van der Waals surface area contributed by atoms with Gasteiger partial charge in [0.05, 0.1) is 5.69 Å². The first-order chi connectivity index (χ1) is 11.6. The predicted molar refractivity (Wildman–Crippen MR) is 91.7 cm³/mol. The standard InChI is InChI=1S/C17H18FN3O2S/c18-13-10-12(16(23)21-17-19-7-8-24-17)5-6-14(13)20-15(22)9-11-3-1-2-4-11/h5-8,10-11H,1-4,9H2,(H,20,22)(H,19,21,23). The van der Waals surface area contributed by atoms with Crippen LogP contribution >= 0.6 is 11.3 Å². The van der Waals surface area contributed by atoms with Crippen LogP contribution in [0.15, 0.2) is 29.8 Å². The molecule has 1 heterocycles. The van der Waals surface area contributed by atoms with Crippen LogP contribution in [0.1, 0.15) is 42.5 Å². The van der Waals surface area contributed by atoms with Crippen molar-refractivity contribution in [2.45, 2.75) is 32.1 Å². The fourth-order valence-corrected chi connectivity index (χ4v) is 3.41. The third-order valence-corrected chi connectivity index (χ3v) is 4.80. The number of hydrogen-bond acceptors (Lipinski definition) is 4. The van der Waals surface area contributed by atoms with Gasteiger partial charge < -0.3 is 5.32 Å². The maximum absolute atomic E-state index is 14.2. The van der Waals surface area contributed by atoms with Crippen LogP contribution in [-0.2, 0) is 4.79 Å². The van der Waals surface area contributed by atoms with Gasteiger partial charge in [0.15, 0.2) is 5.13 Å². The van der Waals surface area contributed by atoms with Crippen molar-refractivity contribution >= 4 is 34.0 Å². The summed E-state index contributed by atoms with van der Waals surface area (Å²) in [4.78, 5) is 28.0. The van der Waals surface area contributed by atoms with E-state index in [0.717, 1.165) is 31.7 Å². The molecule has 7 heteroatoms. The van der Waals surface area contributed by atoms with Gasteiger partial charge in [-0.2, -0.15) is 0 Å². The van der Waals surface area contributed by atoms with E-state index in [1.54, 1.807) is 11.6 Å². The van der Waals surface area contributed by atoms with E-state index >= 15 is 0 Å². The number of halogens is 1. The Morgan fingerprint density at radius 2 is 2.04 bits per heavy atom. The lowest BCUT2D eigenvalue weighted by molar-refractivity contribution is -0.117. The number of rotatable bonds is 5. The number of aromatic nitrogens is 1. The number of anilines is 2. The van der Waals surface area contributed by atoms with Crippen LogP contribution in [0, 0.1) is 11.7 Å². The van der Waals surface area contributed by atoms with Gasteiger partial charge in [0, 0.05) is 23.6 Å². The SMILES string of the molecule is O=C(CC1CCCC1)Nc1ccc(C(=O)Nc2nccs2)cc1F. The van der Waals surface area contributed by atoms with Crippen LogP contribution in [0.5, 0.6) is 0 Å². The molecule has 0 spiro atoms. The van der Waals surface area contributed by atoms with Crippen molar-refractivity contribution in [2.75, 3.05) is 10.6 Å². The zero-order valence-corrected chi connectivity index (χ0v) is 13.9. The van der Waals surface area contributed by atoms with Gasteiger partial charge in [-0.3, -0.25) is 14.9 Å². The summed E-state index contributed by atoms with van der Waals surface area (Å²) in [5.41, 5.74) is 0.278. The van der Waals surface area contributed by atoms with Crippen LogP contribution in [0.3, 0.4) is 0 Å². The molecule has 0 bridgehead atoms. The maximum Gasteiger partial charge on any atom is 0.257 e. The van der Waals surface area contributed by atoms with Crippen LogP contribution in [0.2, 0.25) is 0 Å². The van der Waals surface area contributed by atoms with E-state index in [4.69, 9.17) is 0 Å². The molecule has 126 valence electrons. The molecule has 0 atom stereocenters. The Balaban J connectivity index is 1.61. The van der Waals surface area contributed by atoms with Gasteiger partial charge in [-0.05, 0) is 37.0 Å². The molecule has 0 radical (unpaired) electrons. The van der Waals surface area contributed by atoms with E-state index in [-0.39, 0.29) is 17.2 Å². The number of carbonyl (C=O) groups excluding carboxylic acids is 2. The Morgan fingerprint density at radius 1 is 1.25 bits per heavy atom. The fraction of sp³-hybridized carbons (Fsp3) is 0.353. The van der Waals surface area contributed by atoms with Gasteiger partial charge in [0.25, 0.3) is 5.91 Å². The zero-order valence-electron chi connectivity index (χ0n) is 13.0. The second-order valence-electron chi connectivity index (χ2n) is 5.89. The number of hydrogen-bond donors (Lipinski definition) is 2. The number of benzene rings is 1. The van der Waals surface area contributed by atoms with Gasteiger partial charge in [-0.1, -0.05) is 12.8 Å². The van der Waals surface area contributed by atoms with Crippen LogP contribution in [0.25, 0.3) is 0 Å². The summed E-state index contributed by atoms with van der Waals surface area (Å²) in [5, 5.41) is 7.37. The summed E-state index contributed by atoms with van der Waals surface area (Å²) in [6, 6.07) is 4.02. The fourth-order valence-electron chi connectivity index (χ4n) is 2.89. The van der Waals surface area contributed by atoms with E-state index in [0.29, 0.717) is 17.5 Å². The molecule has 1 aliphatic rings. The smallest absolute Gasteiger partial charge is 0.257 e. The third kappa shape index (κ3) is 4.17. The van der Waals surface area contributed by atoms with E-state index in [1.165, 1.54) is 23.5 Å². The maximum atomic E-state index is 14.2. The molecule has 3 rings (SSSR count). The number of nitrogens with one attached hydrogen (secondary N) is 2. The summed E-state index contributed by atoms with van der Waals surface area (Å²) in [5.74, 6) is -0.841. The summed E-state index contributed by atoms with van der Waals surface area (Å²) in [6.45, 7) is 0. The first kappa shape index (κ1) is 16.6. The largest absolute Gasteiger partial charge is 0.324 e. The topological polar surface area (TPSA) is 71.1 Å². The third-order valence-electron chi connectivity index (χ3n) is 4.11. The molecule has 2 aromatic rings. The van der Waals surface area contributed by atoms with Crippen molar-refractivity contribution in [2.24, 2.45) is 5.92 Å². The van der Waals surface area contributed by atoms with E-state index in [2.05, 4.69) is 15.6 Å². The lowest BCUT2D eigenvalue weighted by Crippen LogP contribution is -2.17. The average molecular weight is 347 g/mol. The van der Waals surface area contributed by atoms with Crippen LogP contribution in [0.4, 0.5) is 15.2 Å². The number of amides is 2. The molecule has 2 amide bonds. The van der Waals surface area contributed by atoms with E-state index in [1.807, 2.05) is 0 Å². The molecule has 1 aromatic heterocycles. The van der Waals surface area contributed by atoms with Gasteiger partial charge in [0.1, 0.15) is 5.82 Å². The molecular weight excluding hydrogens is 329 g/mol. The Labute approximate surface area is 143 Å². The first-order valence-corrected chi connectivity index (χ1v) is 8.80. The van der Waals surface area contributed by atoms with Gasteiger partial charge in [0.2, 0.25) is 5.91 Å². The second kappa shape index (κ2) is 7.53. The second-order valence-corrected chi connectivity index (χ2v) is 6.78. The number of nitrogens with zero attached hydrogens (tertiary/aromatic N) is 1. The lowest BCUT2D eigenvalue weighted by Gasteiger charge is -2.11. The minimum atomic E-state index is -0.624. The quantitative estimate of drug-likeness (QED) is 0.857.